The summed E-state index contributed by atoms with van der Waals surface area (Å²) >= 11 is 7.86. The SMILES string of the molecule is Clc1ccc2nc(CN(Cc3cccs3)C[C@H]3CCCO3)[nH]c2c1. The molecule has 24 heavy (non-hydrogen) atoms. The standard InChI is InChI=1S/C18H20ClN3OS/c19-13-5-6-16-17(9-13)21-18(20-16)12-22(10-14-3-1-7-23-14)11-15-4-2-8-24-15/h2,4-6,8-9,14H,1,3,7,10-12H2,(H,20,21)/t14-/m1/s1. The minimum Gasteiger partial charge on any atom is -0.377 e. The zero-order valence-corrected chi connectivity index (χ0v) is 14.9. The van der Waals surface area contributed by atoms with Crippen LogP contribution in [0, 0.1) is 0 Å². The number of thiophene rings is 1. The summed E-state index contributed by atoms with van der Waals surface area (Å²) in [7, 11) is 0. The minimum atomic E-state index is 0.337. The van der Waals surface area contributed by atoms with Crippen LogP contribution in [0.25, 0.3) is 11.0 Å². The van der Waals surface area contributed by atoms with Gasteiger partial charge in [0, 0.05) is 29.6 Å². The number of ether oxygens (including phenoxy) is 1. The van der Waals surface area contributed by atoms with Gasteiger partial charge in [-0.3, -0.25) is 4.90 Å². The molecule has 6 heteroatoms. The Balaban J connectivity index is 1.52. The van der Waals surface area contributed by atoms with Gasteiger partial charge in [-0.1, -0.05) is 17.7 Å². The van der Waals surface area contributed by atoms with Gasteiger partial charge < -0.3 is 9.72 Å². The second-order valence-corrected chi connectivity index (χ2v) is 7.70. The molecule has 1 atom stereocenters. The van der Waals surface area contributed by atoms with Crippen molar-refractivity contribution < 1.29 is 4.74 Å². The van der Waals surface area contributed by atoms with E-state index < -0.39 is 0 Å². The van der Waals surface area contributed by atoms with Crippen LogP contribution in [0.15, 0.2) is 35.7 Å². The van der Waals surface area contributed by atoms with Crippen LogP contribution in [0.2, 0.25) is 5.02 Å². The van der Waals surface area contributed by atoms with Crippen LogP contribution in [-0.4, -0.2) is 34.1 Å². The van der Waals surface area contributed by atoms with Crippen LogP contribution in [0.1, 0.15) is 23.5 Å². The molecule has 1 aromatic carbocycles. The summed E-state index contributed by atoms with van der Waals surface area (Å²) in [6, 6.07) is 10.1. The molecule has 0 aliphatic carbocycles. The molecule has 0 spiro atoms. The molecule has 0 amide bonds. The number of imidazole rings is 1. The molecule has 2 aromatic heterocycles. The highest BCUT2D eigenvalue weighted by molar-refractivity contribution is 7.09. The molecule has 0 radical (unpaired) electrons. The summed E-state index contributed by atoms with van der Waals surface area (Å²) < 4.78 is 5.83. The first-order valence-corrected chi connectivity index (χ1v) is 9.52. The van der Waals surface area contributed by atoms with Crippen LogP contribution >= 0.6 is 22.9 Å². The highest BCUT2D eigenvalue weighted by Gasteiger charge is 2.20. The van der Waals surface area contributed by atoms with Gasteiger partial charge in [0.05, 0.1) is 23.7 Å². The number of rotatable bonds is 6. The monoisotopic (exact) mass is 361 g/mol. The number of aromatic nitrogens is 2. The second-order valence-electron chi connectivity index (χ2n) is 6.23. The molecule has 4 rings (SSSR count). The summed E-state index contributed by atoms with van der Waals surface area (Å²) in [5.41, 5.74) is 1.95. The van der Waals surface area contributed by atoms with E-state index in [0.29, 0.717) is 6.10 Å². The van der Waals surface area contributed by atoms with Crippen LogP contribution in [-0.2, 0) is 17.8 Å². The quantitative estimate of drug-likeness (QED) is 0.704. The normalized spacial score (nSPS) is 18.0. The number of halogens is 1. The van der Waals surface area contributed by atoms with E-state index in [1.165, 1.54) is 11.3 Å². The highest BCUT2D eigenvalue weighted by atomic mass is 35.5. The number of nitrogens with one attached hydrogen (secondary N) is 1. The van der Waals surface area contributed by atoms with E-state index in [1.807, 2.05) is 18.2 Å². The number of hydrogen-bond acceptors (Lipinski definition) is 4. The fraction of sp³-hybridized carbons (Fsp3) is 0.389. The molecule has 0 unspecified atom stereocenters. The van der Waals surface area contributed by atoms with Crippen molar-refractivity contribution in [2.45, 2.75) is 32.0 Å². The lowest BCUT2D eigenvalue weighted by molar-refractivity contribution is 0.0675. The van der Waals surface area contributed by atoms with Crippen LogP contribution in [0.3, 0.4) is 0 Å². The molecule has 1 fully saturated rings. The molecular formula is C18H20ClN3OS. The maximum absolute atomic E-state index is 6.07. The Morgan fingerprint density at radius 2 is 2.29 bits per heavy atom. The topological polar surface area (TPSA) is 41.2 Å². The smallest absolute Gasteiger partial charge is 0.121 e. The Kier molecular flexibility index (Phi) is 4.85. The van der Waals surface area contributed by atoms with E-state index in [4.69, 9.17) is 21.3 Å². The van der Waals surface area contributed by atoms with Crippen molar-refractivity contribution in [2.24, 2.45) is 0 Å². The third kappa shape index (κ3) is 3.81. The Bertz CT molecular complexity index is 796. The van der Waals surface area contributed by atoms with Crippen molar-refractivity contribution in [3.8, 4) is 0 Å². The van der Waals surface area contributed by atoms with E-state index >= 15 is 0 Å². The molecule has 1 saturated heterocycles. The number of benzene rings is 1. The number of aromatic amines is 1. The lowest BCUT2D eigenvalue weighted by Gasteiger charge is -2.23. The highest BCUT2D eigenvalue weighted by Crippen LogP contribution is 2.21. The van der Waals surface area contributed by atoms with E-state index in [2.05, 4.69) is 27.4 Å². The maximum Gasteiger partial charge on any atom is 0.121 e. The number of nitrogens with zero attached hydrogens (tertiary/aromatic N) is 2. The Morgan fingerprint density at radius 3 is 3.08 bits per heavy atom. The zero-order valence-electron chi connectivity index (χ0n) is 13.4. The molecule has 126 valence electrons. The average Bonchev–Trinajstić information content (AvgIpc) is 3.28. The fourth-order valence-corrected chi connectivity index (χ4v) is 4.12. The van der Waals surface area contributed by atoms with E-state index in [-0.39, 0.29) is 0 Å². The zero-order chi connectivity index (χ0) is 16.4. The summed E-state index contributed by atoms with van der Waals surface area (Å²) in [5.74, 6) is 0.974. The first kappa shape index (κ1) is 16.1. The lowest BCUT2D eigenvalue weighted by atomic mass is 10.2. The van der Waals surface area contributed by atoms with Crippen molar-refractivity contribution in [3.05, 3.63) is 51.4 Å². The van der Waals surface area contributed by atoms with Crippen LogP contribution in [0.5, 0.6) is 0 Å². The largest absolute Gasteiger partial charge is 0.377 e. The summed E-state index contributed by atoms with van der Waals surface area (Å²) in [4.78, 5) is 11.9. The first-order chi connectivity index (χ1) is 11.8. The summed E-state index contributed by atoms with van der Waals surface area (Å²) in [6.07, 6.45) is 2.65. The van der Waals surface area contributed by atoms with Gasteiger partial charge in [0.25, 0.3) is 0 Å². The van der Waals surface area contributed by atoms with Gasteiger partial charge in [-0.15, -0.1) is 11.3 Å². The molecule has 1 aliphatic rings. The van der Waals surface area contributed by atoms with E-state index in [9.17, 15) is 0 Å². The van der Waals surface area contributed by atoms with Gasteiger partial charge >= 0.3 is 0 Å². The van der Waals surface area contributed by atoms with Gasteiger partial charge in [0.2, 0.25) is 0 Å². The molecular weight excluding hydrogens is 342 g/mol. The van der Waals surface area contributed by atoms with Crippen molar-refractivity contribution in [1.82, 2.24) is 14.9 Å². The average molecular weight is 362 g/mol. The predicted octanol–water partition coefficient (Wildman–Crippen LogP) is 4.46. The number of fused-ring (bicyclic) bond motifs is 1. The Hall–Kier alpha value is -1.40. The molecule has 1 aliphatic heterocycles. The summed E-state index contributed by atoms with van der Waals surface area (Å²) in [5, 5.41) is 2.86. The number of H-pyrrole nitrogens is 1. The van der Waals surface area contributed by atoms with Gasteiger partial charge in [0.1, 0.15) is 5.82 Å². The van der Waals surface area contributed by atoms with Crippen LogP contribution in [0.4, 0.5) is 0 Å². The second kappa shape index (κ2) is 7.23. The lowest BCUT2D eigenvalue weighted by Crippen LogP contribution is -2.31. The predicted molar refractivity (Wildman–Crippen MR) is 98.5 cm³/mol. The molecule has 3 aromatic rings. The number of hydrogen-bond donors (Lipinski definition) is 1. The Morgan fingerprint density at radius 1 is 1.33 bits per heavy atom. The van der Waals surface area contributed by atoms with Gasteiger partial charge in [-0.25, -0.2) is 4.98 Å². The minimum absolute atomic E-state index is 0.337. The maximum atomic E-state index is 6.07. The van der Waals surface area contributed by atoms with Crippen LogP contribution < -0.4 is 0 Å². The fourth-order valence-electron chi connectivity index (χ4n) is 3.21. The molecule has 0 bridgehead atoms. The first-order valence-electron chi connectivity index (χ1n) is 8.27. The van der Waals surface area contributed by atoms with Crippen molar-refractivity contribution in [3.63, 3.8) is 0 Å². The molecule has 1 N–H and O–H groups in total. The van der Waals surface area contributed by atoms with Gasteiger partial charge in [0.15, 0.2) is 0 Å². The molecule has 3 heterocycles. The Labute approximate surface area is 150 Å². The van der Waals surface area contributed by atoms with E-state index in [0.717, 1.165) is 54.5 Å². The molecule has 0 saturated carbocycles. The van der Waals surface area contributed by atoms with Crippen molar-refractivity contribution >= 4 is 34.0 Å². The summed E-state index contributed by atoms with van der Waals surface area (Å²) in [6.45, 7) is 3.54. The van der Waals surface area contributed by atoms with Crippen molar-refractivity contribution in [2.75, 3.05) is 13.2 Å². The van der Waals surface area contributed by atoms with Gasteiger partial charge in [-0.05, 0) is 42.5 Å². The third-order valence-electron chi connectivity index (χ3n) is 4.31. The van der Waals surface area contributed by atoms with Crippen molar-refractivity contribution in [1.29, 1.82) is 0 Å². The third-order valence-corrected chi connectivity index (χ3v) is 5.41. The van der Waals surface area contributed by atoms with Gasteiger partial charge in [-0.2, -0.15) is 0 Å². The molecule has 4 nitrogen and oxygen atoms in total. The van der Waals surface area contributed by atoms with E-state index in [1.54, 1.807) is 11.3 Å².